The molecule has 1 N–H and O–H groups in total. The molecule has 0 spiro atoms. The highest BCUT2D eigenvalue weighted by atomic mass is 19.4. The molecule has 1 aliphatic rings. The number of halogens is 3. The van der Waals surface area contributed by atoms with E-state index in [0.717, 1.165) is 18.6 Å². The summed E-state index contributed by atoms with van der Waals surface area (Å²) in [7, 11) is 0. The average molecular weight is 326 g/mol. The third-order valence-electron chi connectivity index (χ3n) is 3.66. The van der Waals surface area contributed by atoms with E-state index in [0.29, 0.717) is 18.7 Å². The van der Waals surface area contributed by atoms with Crippen LogP contribution < -0.4 is 0 Å². The van der Waals surface area contributed by atoms with Crippen LogP contribution in [0.4, 0.5) is 13.2 Å². The van der Waals surface area contributed by atoms with Crippen molar-refractivity contribution in [3.05, 3.63) is 47.5 Å². The maximum Gasteiger partial charge on any atom is 0.416 e. The first-order valence-electron chi connectivity index (χ1n) is 7.16. The van der Waals surface area contributed by atoms with E-state index in [2.05, 4.69) is 0 Å². The molecule has 7 heteroatoms. The molecule has 1 aromatic rings. The highest BCUT2D eigenvalue weighted by molar-refractivity contribution is 5.24. The number of aliphatic hydroxyl groups is 1. The van der Waals surface area contributed by atoms with Crippen LogP contribution in [-0.2, 0) is 17.5 Å². The molecular weight excluding hydrogens is 309 g/mol. The van der Waals surface area contributed by atoms with Gasteiger partial charge in [0.25, 0.3) is 0 Å². The Morgan fingerprint density at radius 3 is 2.70 bits per heavy atom. The van der Waals surface area contributed by atoms with Gasteiger partial charge < -0.3 is 9.84 Å². The van der Waals surface area contributed by atoms with Crippen molar-refractivity contribution in [1.29, 1.82) is 5.26 Å². The zero-order chi connectivity index (χ0) is 16.9. The van der Waals surface area contributed by atoms with Crippen LogP contribution in [0, 0.1) is 11.3 Å². The predicted molar refractivity (Wildman–Crippen MR) is 77.0 cm³/mol. The fourth-order valence-electron chi connectivity index (χ4n) is 2.39. The zero-order valence-corrected chi connectivity index (χ0v) is 12.3. The second-order valence-corrected chi connectivity index (χ2v) is 5.31. The molecule has 4 nitrogen and oxygen atoms in total. The standard InChI is InChI=1S/C16H17F3N2O2/c17-16(18,19)13-5-3-12(4-6-13)11-23-14-7-9-21(10-14)15(22)2-1-8-20/h1-6,14-15,22H,7,9-11H2/b2-1-/t14-,15?/m0/s1. The summed E-state index contributed by atoms with van der Waals surface area (Å²) in [5.41, 5.74) is -0.0120. The summed E-state index contributed by atoms with van der Waals surface area (Å²) in [6, 6.07) is 6.70. The Morgan fingerprint density at radius 1 is 1.39 bits per heavy atom. The molecule has 0 saturated carbocycles. The lowest BCUT2D eigenvalue weighted by atomic mass is 10.1. The van der Waals surface area contributed by atoms with E-state index in [1.165, 1.54) is 24.3 Å². The van der Waals surface area contributed by atoms with Crippen molar-refractivity contribution < 1.29 is 23.0 Å². The quantitative estimate of drug-likeness (QED) is 0.845. The number of nitriles is 1. The van der Waals surface area contributed by atoms with Crippen LogP contribution >= 0.6 is 0 Å². The molecule has 0 bridgehead atoms. The Labute approximate surface area is 132 Å². The highest BCUT2D eigenvalue weighted by Crippen LogP contribution is 2.29. The Bertz CT molecular complexity index is 578. The number of hydrogen-bond donors (Lipinski definition) is 1. The molecule has 1 heterocycles. The first kappa shape index (κ1) is 17.5. The molecule has 1 fully saturated rings. The molecule has 1 aromatic carbocycles. The van der Waals surface area contributed by atoms with Gasteiger partial charge in [-0.15, -0.1) is 0 Å². The normalized spacial score (nSPS) is 20.7. The third-order valence-corrected chi connectivity index (χ3v) is 3.66. The molecule has 1 unspecified atom stereocenters. The summed E-state index contributed by atoms with van der Waals surface area (Å²) in [6.07, 6.45) is -1.91. The van der Waals surface area contributed by atoms with Crippen LogP contribution in [0.15, 0.2) is 36.4 Å². The van der Waals surface area contributed by atoms with Crippen molar-refractivity contribution in [1.82, 2.24) is 4.90 Å². The molecule has 2 rings (SSSR count). The van der Waals surface area contributed by atoms with Crippen LogP contribution in [0.5, 0.6) is 0 Å². The largest absolute Gasteiger partial charge is 0.416 e. The maximum atomic E-state index is 12.5. The number of allylic oxidation sites excluding steroid dienone is 1. The zero-order valence-electron chi connectivity index (χ0n) is 12.3. The van der Waals surface area contributed by atoms with Crippen molar-refractivity contribution in [2.24, 2.45) is 0 Å². The predicted octanol–water partition coefficient (Wildman–Crippen LogP) is 2.69. The van der Waals surface area contributed by atoms with E-state index in [9.17, 15) is 18.3 Å². The van der Waals surface area contributed by atoms with Gasteiger partial charge in [0.1, 0.15) is 6.23 Å². The SMILES string of the molecule is N#C/C=C\C(O)N1CC[C@H](OCc2ccc(C(F)(F)F)cc2)C1. The van der Waals surface area contributed by atoms with Gasteiger partial charge in [-0.25, -0.2) is 0 Å². The average Bonchev–Trinajstić information content (AvgIpc) is 2.99. The Morgan fingerprint density at radius 2 is 2.09 bits per heavy atom. The highest BCUT2D eigenvalue weighted by Gasteiger charge is 2.30. The van der Waals surface area contributed by atoms with Gasteiger partial charge in [-0.1, -0.05) is 12.1 Å². The lowest BCUT2D eigenvalue weighted by molar-refractivity contribution is -0.137. The Kier molecular flexibility index (Phi) is 5.77. The minimum atomic E-state index is -4.33. The first-order valence-corrected chi connectivity index (χ1v) is 7.16. The number of alkyl halides is 3. The topological polar surface area (TPSA) is 56.5 Å². The third kappa shape index (κ3) is 5.06. The number of nitrogens with zero attached hydrogens (tertiary/aromatic N) is 2. The maximum absolute atomic E-state index is 12.5. The number of aliphatic hydroxyl groups excluding tert-OH is 1. The van der Waals surface area contributed by atoms with E-state index in [4.69, 9.17) is 10.00 Å². The van der Waals surface area contributed by atoms with E-state index in [1.807, 2.05) is 6.07 Å². The van der Waals surface area contributed by atoms with Gasteiger partial charge in [0, 0.05) is 19.2 Å². The van der Waals surface area contributed by atoms with Gasteiger partial charge >= 0.3 is 6.18 Å². The summed E-state index contributed by atoms with van der Waals surface area (Å²) >= 11 is 0. The van der Waals surface area contributed by atoms with Crippen molar-refractivity contribution in [3.8, 4) is 6.07 Å². The van der Waals surface area contributed by atoms with Crippen LogP contribution in [-0.4, -0.2) is 35.4 Å². The van der Waals surface area contributed by atoms with E-state index in [-0.39, 0.29) is 12.7 Å². The molecule has 2 atom stereocenters. The lowest BCUT2D eigenvalue weighted by Gasteiger charge is -2.19. The van der Waals surface area contributed by atoms with Gasteiger partial charge in [0.15, 0.2) is 0 Å². The second-order valence-electron chi connectivity index (χ2n) is 5.31. The van der Waals surface area contributed by atoms with Crippen LogP contribution in [0.3, 0.4) is 0 Å². The monoisotopic (exact) mass is 326 g/mol. The van der Waals surface area contributed by atoms with Gasteiger partial charge in [-0.2, -0.15) is 18.4 Å². The number of benzene rings is 1. The van der Waals surface area contributed by atoms with Crippen molar-refractivity contribution in [2.45, 2.75) is 31.5 Å². The Hall–Kier alpha value is -1.88. The number of ether oxygens (including phenoxy) is 1. The van der Waals surface area contributed by atoms with Crippen LogP contribution in [0.2, 0.25) is 0 Å². The van der Waals surface area contributed by atoms with Gasteiger partial charge in [-0.05, 0) is 30.2 Å². The fraction of sp³-hybridized carbons (Fsp3) is 0.438. The van der Waals surface area contributed by atoms with Crippen molar-refractivity contribution >= 4 is 0 Å². The minimum absolute atomic E-state index is 0.0950. The summed E-state index contributed by atoms with van der Waals surface area (Å²) in [5.74, 6) is 0. The molecule has 1 aliphatic heterocycles. The van der Waals surface area contributed by atoms with Gasteiger partial charge in [0.05, 0.1) is 24.3 Å². The minimum Gasteiger partial charge on any atom is -0.375 e. The fourth-order valence-corrected chi connectivity index (χ4v) is 2.39. The molecular formula is C16H17F3N2O2. The second kappa shape index (κ2) is 7.59. The molecule has 124 valence electrons. The van der Waals surface area contributed by atoms with Gasteiger partial charge in [-0.3, -0.25) is 4.90 Å². The molecule has 0 radical (unpaired) electrons. The van der Waals surface area contributed by atoms with E-state index < -0.39 is 18.0 Å². The first-order chi connectivity index (χ1) is 10.9. The summed E-state index contributed by atoms with van der Waals surface area (Å²) in [5, 5.41) is 18.2. The lowest BCUT2D eigenvalue weighted by Crippen LogP contribution is -2.32. The molecule has 0 aliphatic carbocycles. The molecule has 1 saturated heterocycles. The van der Waals surface area contributed by atoms with Crippen LogP contribution in [0.25, 0.3) is 0 Å². The molecule has 23 heavy (non-hydrogen) atoms. The number of rotatable bonds is 5. The smallest absolute Gasteiger partial charge is 0.375 e. The summed E-state index contributed by atoms with van der Waals surface area (Å²) in [6.45, 7) is 1.37. The molecule has 0 aromatic heterocycles. The van der Waals surface area contributed by atoms with Crippen molar-refractivity contribution in [2.75, 3.05) is 13.1 Å². The summed E-state index contributed by atoms with van der Waals surface area (Å²) < 4.78 is 43.1. The van der Waals surface area contributed by atoms with Gasteiger partial charge in [0.2, 0.25) is 0 Å². The van der Waals surface area contributed by atoms with E-state index >= 15 is 0 Å². The van der Waals surface area contributed by atoms with E-state index in [1.54, 1.807) is 4.90 Å². The molecule has 0 amide bonds. The van der Waals surface area contributed by atoms with Crippen molar-refractivity contribution in [3.63, 3.8) is 0 Å². The Balaban J connectivity index is 1.81. The van der Waals surface area contributed by atoms with Crippen LogP contribution in [0.1, 0.15) is 17.5 Å². The number of hydrogen-bond acceptors (Lipinski definition) is 4. The number of likely N-dealkylation sites (tertiary alicyclic amines) is 1. The summed E-state index contributed by atoms with van der Waals surface area (Å²) in [4.78, 5) is 1.77.